The van der Waals surface area contributed by atoms with Gasteiger partial charge >= 0.3 is 0 Å². The molecule has 2 aromatic heterocycles. The molecule has 0 saturated carbocycles. The van der Waals surface area contributed by atoms with Crippen molar-refractivity contribution in [1.29, 1.82) is 0 Å². The summed E-state index contributed by atoms with van der Waals surface area (Å²) in [6.45, 7) is 0. The third-order valence-electron chi connectivity index (χ3n) is 3.38. The molecule has 20 heavy (non-hydrogen) atoms. The molecular weight excluding hydrogens is 253 g/mol. The quantitative estimate of drug-likeness (QED) is 0.524. The van der Waals surface area contributed by atoms with Gasteiger partial charge in [0.2, 0.25) is 0 Å². The standard InChI is InChI=1S/C16H10FN3/c17-13-8-5-12(6-9-13)16-19-18-15-10-7-11-3-1-2-4-14(11)20(15)16/h1-10H. The monoisotopic (exact) mass is 263 g/mol. The molecule has 4 heteroatoms. The number of rotatable bonds is 1. The molecule has 0 aliphatic rings. The molecule has 0 atom stereocenters. The van der Waals surface area contributed by atoms with Crippen LogP contribution in [0.15, 0.2) is 60.7 Å². The number of pyridine rings is 1. The van der Waals surface area contributed by atoms with Crippen LogP contribution in [0.25, 0.3) is 27.9 Å². The van der Waals surface area contributed by atoms with E-state index in [0.29, 0.717) is 0 Å². The number of benzene rings is 2. The molecule has 0 bridgehead atoms. The minimum Gasteiger partial charge on any atom is -0.275 e. The number of halogens is 1. The zero-order valence-electron chi connectivity index (χ0n) is 10.5. The van der Waals surface area contributed by atoms with Crippen molar-refractivity contribution in [3.05, 3.63) is 66.5 Å². The molecule has 96 valence electrons. The van der Waals surface area contributed by atoms with Crippen LogP contribution in [-0.2, 0) is 0 Å². The molecule has 0 saturated heterocycles. The van der Waals surface area contributed by atoms with Crippen LogP contribution in [0, 0.1) is 5.82 Å². The third-order valence-corrected chi connectivity index (χ3v) is 3.38. The molecule has 0 radical (unpaired) electrons. The molecule has 0 unspecified atom stereocenters. The van der Waals surface area contributed by atoms with Gasteiger partial charge in [0.1, 0.15) is 5.82 Å². The van der Waals surface area contributed by atoms with Crippen LogP contribution >= 0.6 is 0 Å². The first-order valence-corrected chi connectivity index (χ1v) is 6.32. The van der Waals surface area contributed by atoms with Gasteiger partial charge in [0.05, 0.1) is 5.52 Å². The van der Waals surface area contributed by atoms with Gasteiger partial charge in [-0.05, 0) is 47.9 Å². The summed E-state index contributed by atoms with van der Waals surface area (Å²) >= 11 is 0. The Bertz CT molecular complexity index is 910. The Kier molecular flexibility index (Phi) is 2.29. The summed E-state index contributed by atoms with van der Waals surface area (Å²) in [5.41, 5.74) is 2.66. The number of hydrogen-bond donors (Lipinski definition) is 0. The Morgan fingerprint density at radius 1 is 0.800 bits per heavy atom. The fourth-order valence-corrected chi connectivity index (χ4v) is 2.42. The van der Waals surface area contributed by atoms with E-state index in [4.69, 9.17) is 0 Å². The maximum atomic E-state index is 13.1. The molecule has 3 nitrogen and oxygen atoms in total. The van der Waals surface area contributed by atoms with E-state index < -0.39 is 0 Å². The molecule has 4 aromatic rings. The minimum absolute atomic E-state index is 0.257. The molecule has 0 N–H and O–H groups in total. The van der Waals surface area contributed by atoms with E-state index in [1.54, 1.807) is 12.1 Å². The van der Waals surface area contributed by atoms with E-state index in [2.05, 4.69) is 10.2 Å². The largest absolute Gasteiger partial charge is 0.275 e. The Balaban J connectivity index is 2.09. The maximum absolute atomic E-state index is 13.1. The van der Waals surface area contributed by atoms with Crippen molar-refractivity contribution in [3.63, 3.8) is 0 Å². The second-order valence-electron chi connectivity index (χ2n) is 4.62. The average molecular weight is 263 g/mol. The number of para-hydroxylation sites is 1. The van der Waals surface area contributed by atoms with Gasteiger partial charge in [-0.1, -0.05) is 18.2 Å². The van der Waals surface area contributed by atoms with Gasteiger partial charge in [0, 0.05) is 5.56 Å². The third kappa shape index (κ3) is 1.58. The lowest BCUT2D eigenvalue weighted by Gasteiger charge is -2.04. The van der Waals surface area contributed by atoms with Crippen molar-refractivity contribution >= 4 is 16.6 Å². The molecule has 4 rings (SSSR count). The van der Waals surface area contributed by atoms with Gasteiger partial charge < -0.3 is 0 Å². The maximum Gasteiger partial charge on any atom is 0.168 e. The van der Waals surface area contributed by atoms with Crippen molar-refractivity contribution in [1.82, 2.24) is 14.6 Å². The first kappa shape index (κ1) is 11.1. The SMILES string of the molecule is Fc1ccc(-c2nnc3ccc4ccccc4n23)cc1. The molecule has 0 aliphatic carbocycles. The summed E-state index contributed by atoms with van der Waals surface area (Å²) in [5, 5.41) is 9.54. The predicted octanol–water partition coefficient (Wildman–Crippen LogP) is 3.69. The Morgan fingerprint density at radius 2 is 1.60 bits per heavy atom. The second-order valence-corrected chi connectivity index (χ2v) is 4.62. The van der Waals surface area contributed by atoms with E-state index in [1.807, 2.05) is 40.8 Å². The van der Waals surface area contributed by atoms with Crippen molar-refractivity contribution in [2.45, 2.75) is 0 Å². The fourth-order valence-electron chi connectivity index (χ4n) is 2.42. The van der Waals surface area contributed by atoms with Crippen LogP contribution in [0.4, 0.5) is 4.39 Å². The van der Waals surface area contributed by atoms with Gasteiger partial charge in [-0.15, -0.1) is 10.2 Å². The van der Waals surface area contributed by atoms with Gasteiger partial charge in [-0.2, -0.15) is 0 Å². The van der Waals surface area contributed by atoms with E-state index >= 15 is 0 Å². The van der Waals surface area contributed by atoms with Crippen molar-refractivity contribution < 1.29 is 4.39 Å². The normalized spacial score (nSPS) is 11.2. The molecular formula is C16H10FN3. The Hall–Kier alpha value is -2.75. The van der Waals surface area contributed by atoms with Crippen LogP contribution in [0.3, 0.4) is 0 Å². The number of nitrogens with zero attached hydrogens (tertiary/aromatic N) is 3. The highest BCUT2D eigenvalue weighted by atomic mass is 19.1. The van der Waals surface area contributed by atoms with Gasteiger partial charge in [-0.25, -0.2) is 4.39 Å². The average Bonchev–Trinajstić information content (AvgIpc) is 2.92. The summed E-state index contributed by atoms with van der Waals surface area (Å²) in [5.74, 6) is 0.462. The molecule has 0 spiro atoms. The Morgan fingerprint density at radius 3 is 2.45 bits per heavy atom. The lowest BCUT2D eigenvalue weighted by molar-refractivity contribution is 0.628. The summed E-state index contributed by atoms with van der Waals surface area (Å²) in [6.07, 6.45) is 0. The summed E-state index contributed by atoms with van der Waals surface area (Å²) in [7, 11) is 0. The second kappa shape index (κ2) is 4.13. The lowest BCUT2D eigenvalue weighted by Crippen LogP contribution is -1.92. The molecule has 0 aliphatic heterocycles. The van der Waals surface area contributed by atoms with Crippen LogP contribution in [-0.4, -0.2) is 14.6 Å². The van der Waals surface area contributed by atoms with Gasteiger partial charge in [-0.3, -0.25) is 4.40 Å². The van der Waals surface area contributed by atoms with Crippen molar-refractivity contribution in [2.75, 3.05) is 0 Å². The smallest absolute Gasteiger partial charge is 0.168 e. The van der Waals surface area contributed by atoms with Crippen LogP contribution in [0.1, 0.15) is 0 Å². The van der Waals surface area contributed by atoms with E-state index in [9.17, 15) is 4.39 Å². The number of fused-ring (bicyclic) bond motifs is 3. The molecule has 2 aromatic carbocycles. The first-order valence-electron chi connectivity index (χ1n) is 6.32. The highest BCUT2D eigenvalue weighted by Crippen LogP contribution is 2.23. The van der Waals surface area contributed by atoms with Crippen LogP contribution in [0.5, 0.6) is 0 Å². The van der Waals surface area contributed by atoms with E-state index in [1.165, 1.54) is 12.1 Å². The predicted molar refractivity (Wildman–Crippen MR) is 75.9 cm³/mol. The van der Waals surface area contributed by atoms with Gasteiger partial charge in [0.15, 0.2) is 11.5 Å². The van der Waals surface area contributed by atoms with Crippen LogP contribution < -0.4 is 0 Å². The topological polar surface area (TPSA) is 30.2 Å². The highest BCUT2D eigenvalue weighted by Gasteiger charge is 2.10. The summed E-state index contributed by atoms with van der Waals surface area (Å²) in [4.78, 5) is 0. The van der Waals surface area contributed by atoms with Crippen molar-refractivity contribution in [2.24, 2.45) is 0 Å². The molecule has 2 heterocycles. The number of hydrogen-bond acceptors (Lipinski definition) is 2. The molecule has 0 fully saturated rings. The zero-order valence-corrected chi connectivity index (χ0v) is 10.5. The summed E-state index contributed by atoms with van der Waals surface area (Å²) in [6, 6.07) is 18.3. The summed E-state index contributed by atoms with van der Waals surface area (Å²) < 4.78 is 15.0. The van der Waals surface area contributed by atoms with Crippen LogP contribution in [0.2, 0.25) is 0 Å². The zero-order chi connectivity index (χ0) is 13.5. The first-order chi connectivity index (χ1) is 9.83. The number of aromatic nitrogens is 3. The highest BCUT2D eigenvalue weighted by molar-refractivity contribution is 5.83. The fraction of sp³-hybridized carbons (Fsp3) is 0. The van der Waals surface area contributed by atoms with E-state index in [0.717, 1.165) is 27.9 Å². The minimum atomic E-state index is -0.257. The van der Waals surface area contributed by atoms with Crippen molar-refractivity contribution in [3.8, 4) is 11.4 Å². The molecule has 0 amide bonds. The lowest BCUT2D eigenvalue weighted by atomic mass is 10.2. The van der Waals surface area contributed by atoms with Gasteiger partial charge in [0.25, 0.3) is 0 Å². The Labute approximate surface area is 114 Å². The van der Waals surface area contributed by atoms with E-state index in [-0.39, 0.29) is 5.82 Å².